The number of nitrogens with one attached hydrogen (secondary N) is 1. The zero-order valence-electron chi connectivity index (χ0n) is 17.6. The van der Waals surface area contributed by atoms with E-state index >= 15 is 0 Å². The fourth-order valence-electron chi connectivity index (χ4n) is 3.41. The van der Waals surface area contributed by atoms with Crippen molar-refractivity contribution in [3.63, 3.8) is 0 Å². The SMILES string of the molecule is Cc1ccc(-c2nn(-c3ccc(F)cc3)cc2C(=O)Nc2ccc(C(N)=O)c(C)c2)cc1. The van der Waals surface area contributed by atoms with Crippen molar-refractivity contribution in [3.8, 4) is 16.9 Å². The number of carbonyl (C=O) groups excluding carboxylic acids is 2. The van der Waals surface area contributed by atoms with Gasteiger partial charge in [-0.3, -0.25) is 9.59 Å². The Balaban J connectivity index is 1.73. The van der Waals surface area contributed by atoms with Crippen molar-refractivity contribution in [1.82, 2.24) is 9.78 Å². The smallest absolute Gasteiger partial charge is 0.259 e. The van der Waals surface area contributed by atoms with Crippen molar-refractivity contribution in [2.45, 2.75) is 13.8 Å². The van der Waals surface area contributed by atoms with Crippen LogP contribution in [0.25, 0.3) is 16.9 Å². The summed E-state index contributed by atoms with van der Waals surface area (Å²) in [5.74, 6) is -1.24. The Bertz CT molecular complexity index is 1310. The summed E-state index contributed by atoms with van der Waals surface area (Å²) in [4.78, 5) is 24.6. The molecule has 0 unspecified atom stereocenters. The first-order valence-corrected chi connectivity index (χ1v) is 9.96. The number of carbonyl (C=O) groups is 2. The van der Waals surface area contributed by atoms with Crippen molar-refractivity contribution < 1.29 is 14.0 Å². The number of hydrogen-bond donors (Lipinski definition) is 2. The predicted molar refractivity (Wildman–Crippen MR) is 121 cm³/mol. The summed E-state index contributed by atoms with van der Waals surface area (Å²) >= 11 is 0. The summed E-state index contributed by atoms with van der Waals surface area (Å²) in [6.45, 7) is 3.73. The third kappa shape index (κ3) is 4.27. The molecular weight excluding hydrogens is 407 g/mol. The highest BCUT2D eigenvalue weighted by molar-refractivity contribution is 6.08. The van der Waals surface area contributed by atoms with Gasteiger partial charge in [0.05, 0.1) is 11.3 Å². The van der Waals surface area contributed by atoms with Gasteiger partial charge in [0, 0.05) is 23.0 Å². The molecule has 4 rings (SSSR count). The third-order valence-electron chi connectivity index (χ3n) is 5.12. The summed E-state index contributed by atoms with van der Waals surface area (Å²) in [5.41, 5.74) is 10.3. The second kappa shape index (κ2) is 8.47. The molecule has 160 valence electrons. The lowest BCUT2D eigenvalue weighted by atomic mass is 10.1. The molecule has 0 aliphatic rings. The molecule has 1 heterocycles. The molecule has 0 bridgehead atoms. The molecule has 0 atom stereocenters. The quantitative estimate of drug-likeness (QED) is 0.485. The van der Waals surface area contributed by atoms with Gasteiger partial charge >= 0.3 is 0 Å². The number of anilines is 1. The Morgan fingerprint density at radius 3 is 2.25 bits per heavy atom. The third-order valence-corrected chi connectivity index (χ3v) is 5.12. The maximum atomic E-state index is 13.3. The Morgan fingerprint density at radius 1 is 0.938 bits per heavy atom. The van der Waals surface area contributed by atoms with E-state index in [0.29, 0.717) is 33.8 Å². The average Bonchev–Trinajstić information content (AvgIpc) is 3.20. The van der Waals surface area contributed by atoms with Crippen LogP contribution >= 0.6 is 0 Å². The van der Waals surface area contributed by atoms with Crippen LogP contribution in [0.3, 0.4) is 0 Å². The van der Waals surface area contributed by atoms with Crippen LogP contribution in [0.1, 0.15) is 31.8 Å². The largest absolute Gasteiger partial charge is 0.366 e. The maximum Gasteiger partial charge on any atom is 0.259 e. The van der Waals surface area contributed by atoms with E-state index < -0.39 is 5.91 Å². The molecule has 0 saturated heterocycles. The number of hydrogen-bond acceptors (Lipinski definition) is 3. The van der Waals surface area contributed by atoms with Crippen LogP contribution in [0.2, 0.25) is 0 Å². The van der Waals surface area contributed by atoms with Gasteiger partial charge in [0.1, 0.15) is 11.5 Å². The monoisotopic (exact) mass is 428 g/mol. The normalized spacial score (nSPS) is 10.7. The molecule has 0 saturated carbocycles. The minimum absolute atomic E-state index is 0.354. The number of nitrogens with zero attached hydrogens (tertiary/aromatic N) is 2. The summed E-state index contributed by atoms with van der Waals surface area (Å²) in [5, 5.41) is 7.46. The van der Waals surface area contributed by atoms with Gasteiger partial charge in [-0.05, 0) is 61.9 Å². The van der Waals surface area contributed by atoms with E-state index in [4.69, 9.17) is 5.73 Å². The topological polar surface area (TPSA) is 90.0 Å². The van der Waals surface area contributed by atoms with Gasteiger partial charge in [-0.15, -0.1) is 0 Å². The van der Waals surface area contributed by atoms with E-state index in [1.807, 2.05) is 31.2 Å². The predicted octanol–water partition coefficient (Wildman–Crippen LogP) is 4.65. The number of benzene rings is 3. The number of primary amides is 1. The van der Waals surface area contributed by atoms with Crippen molar-refractivity contribution in [2.75, 3.05) is 5.32 Å². The van der Waals surface area contributed by atoms with Crippen LogP contribution in [0.4, 0.5) is 10.1 Å². The highest BCUT2D eigenvalue weighted by atomic mass is 19.1. The summed E-state index contributed by atoms with van der Waals surface area (Å²) < 4.78 is 14.9. The number of halogens is 1. The van der Waals surface area contributed by atoms with Crippen molar-refractivity contribution in [1.29, 1.82) is 0 Å². The summed E-state index contributed by atoms with van der Waals surface area (Å²) in [6, 6.07) is 18.4. The van der Waals surface area contributed by atoms with Gasteiger partial charge in [-0.1, -0.05) is 29.8 Å². The lowest BCUT2D eigenvalue weighted by Crippen LogP contribution is -2.15. The van der Waals surface area contributed by atoms with Crippen molar-refractivity contribution >= 4 is 17.5 Å². The van der Waals surface area contributed by atoms with Crippen LogP contribution in [-0.2, 0) is 0 Å². The van der Waals surface area contributed by atoms with Gasteiger partial charge in [0.15, 0.2) is 0 Å². The van der Waals surface area contributed by atoms with E-state index in [9.17, 15) is 14.0 Å². The first-order chi connectivity index (χ1) is 15.3. The minimum atomic E-state index is -0.525. The maximum absolute atomic E-state index is 13.3. The Morgan fingerprint density at radius 2 is 1.62 bits per heavy atom. The minimum Gasteiger partial charge on any atom is -0.366 e. The van der Waals surface area contributed by atoms with Gasteiger partial charge in [-0.2, -0.15) is 5.10 Å². The number of nitrogens with two attached hydrogens (primary N) is 1. The first kappa shape index (κ1) is 21.0. The Labute approximate surface area is 184 Å². The standard InChI is InChI=1S/C25H21FN4O2/c1-15-3-5-17(6-4-15)23-22(14-30(29-23)20-10-7-18(26)8-11-20)25(32)28-19-9-12-21(24(27)31)16(2)13-19/h3-14H,1-2H3,(H2,27,31)(H,28,32). The Hall–Kier alpha value is -4.26. The van der Waals surface area contributed by atoms with Crippen LogP contribution in [0, 0.1) is 19.7 Å². The molecule has 0 spiro atoms. The number of aryl methyl sites for hydroxylation is 2. The lowest BCUT2D eigenvalue weighted by molar-refractivity contribution is 0.0997. The zero-order chi connectivity index (χ0) is 22.8. The van der Waals surface area contributed by atoms with E-state index in [1.165, 1.54) is 12.1 Å². The van der Waals surface area contributed by atoms with E-state index in [0.717, 1.165) is 11.1 Å². The van der Waals surface area contributed by atoms with Crippen LogP contribution in [-0.4, -0.2) is 21.6 Å². The van der Waals surface area contributed by atoms with E-state index in [1.54, 1.807) is 48.1 Å². The summed E-state index contributed by atoms with van der Waals surface area (Å²) in [6.07, 6.45) is 1.61. The molecule has 3 N–H and O–H groups in total. The molecule has 0 radical (unpaired) electrons. The number of aromatic nitrogens is 2. The summed E-state index contributed by atoms with van der Waals surface area (Å²) in [7, 11) is 0. The Kier molecular flexibility index (Phi) is 5.55. The molecule has 7 heteroatoms. The molecule has 3 aromatic carbocycles. The molecule has 0 fully saturated rings. The zero-order valence-corrected chi connectivity index (χ0v) is 17.6. The second-order valence-electron chi connectivity index (χ2n) is 7.53. The van der Waals surface area contributed by atoms with Crippen LogP contribution in [0.15, 0.2) is 72.9 Å². The molecular formula is C25H21FN4O2. The van der Waals surface area contributed by atoms with E-state index in [2.05, 4.69) is 10.4 Å². The van der Waals surface area contributed by atoms with Crippen molar-refractivity contribution in [2.24, 2.45) is 5.73 Å². The van der Waals surface area contributed by atoms with Gasteiger partial charge in [0.25, 0.3) is 5.91 Å². The van der Waals surface area contributed by atoms with Gasteiger partial charge in [0.2, 0.25) is 5.91 Å². The van der Waals surface area contributed by atoms with Gasteiger partial charge in [-0.25, -0.2) is 9.07 Å². The van der Waals surface area contributed by atoms with Crippen LogP contribution in [0.5, 0.6) is 0 Å². The molecule has 0 aliphatic carbocycles. The molecule has 32 heavy (non-hydrogen) atoms. The average molecular weight is 428 g/mol. The molecule has 4 aromatic rings. The fraction of sp³-hybridized carbons (Fsp3) is 0.0800. The number of rotatable bonds is 5. The molecule has 1 aromatic heterocycles. The van der Waals surface area contributed by atoms with Crippen LogP contribution < -0.4 is 11.1 Å². The molecule has 0 aliphatic heterocycles. The first-order valence-electron chi connectivity index (χ1n) is 9.96. The highest BCUT2D eigenvalue weighted by Gasteiger charge is 2.19. The molecule has 6 nitrogen and oxygen atoms in total. The highest BCUT2D eigenvalue weighted by Crippen LogP contribution is 2.26. The fourth-order valence-corrected chi connectivity index (χ4v) is 3.41. The lowest BCUT2D eigenvalue weighted by Gasteiger charge is -2.08. The van der Waals surface area contributed by atoms with Crippen molar-refractivity contribution in [3.05, 3.63) is 101 Å². The second-order valence-corrected chi connectivity index (χ2v) is 7.53. The van der Waals surface area contributed by atoms with Gasteiger partial charge < -0.3 is 11.1 Å². The molecule has 2 amide bonds. The number of amides is 2. The van der Waals surface area contributed by atoms with E-state index in [-0.39, 0.29) is 11.7 Å².